The Morgan fingerprint density at radius 3 is 2.12 bits per heavy atom. The second-order valence-corrected chi connectivity index (χ2v) is 8.26. The van der Waals surface area contributed by atoms with Gasteiger partial charge in [0.1, 0.15) is 0 Å². The molecule has 8 bridgehead atoms. The molecule has 1 N–H and O–H groups in total. The predicted molar refractivity (Wildman–Crippen MR) is 138 cm³/mol. The number of nitrogens with one attached hydrogen (secondary N) is 1. The molecule has 6 nitrogen and oxygen atoms in total. The van der Waals surface area contributed by atoms with E-state index in [2.05, 4.69) is 44.9 Å². The van der Waals surface area contributed by atoms with E-state index in [0.29, 0.717) is 13.2 Å². The zero-order valence-corrected chi connectivity index (χ0v) is 18.8. The van der Waals surface area contributed by atoms with Gasteiger partial charge in [-0.25, -0.2) is 9.97 Å². The van der Waals surface area contributed by atoms with E-state index in [0.717, 1.165) is 56.1 Å². The maximum atomic E-state index is 5.44. The third kappa shape index (κ3) is 3.95. The molecule has 34 heavy (non-hydrogen) atoms. The summed E-state index contributed by atoms with van der Waals surface area (Å²) in [4.78, 5) is 17.7. The van der Waals surface area contributed by atoms with Crippen LogP contribution >= 0.6 is 0 Å². The molecule has 0 amide bonds. The molecule has 6 heteroatoms. The maximum absolute atomic E-state index is 5.44. The number of hydrogen-bond acceptors (Lipinski definition) is 4. The number of nitrogens with zero attached hydrogens (tertiary/aromatic N) is 4. The number of fused-ring (bicyclic) bond motifs is 8. The predicted octanol–water partition coefficient (Wildman–Crippen LogP) is 5.84. The first-order valence-corrected chi connectivity index (χ1v) is 11.2. The van der Waals surface area contributed by atoms with Crippen molar-refractivity contribution in [2.75, 3.05) is 13.7 Å². The van der Waals surface area contributed by atoms with Crippen molar-refractivity contribution in [1.29, 1.82) is 0 Å². The van der Waals surface area contributed by atoms with Gasteiger partial charge in [-0.15, -0.1) is 0 Å². The molecule has 166 valence electrons. The minimum absolute atomic E-state index is 0.590. The van der Waals surface area contributed by atoms with Gasteiger partial charge >= 0.3 is 0 Å². The van der Waals surface area contributed by atoms with Crippen LogP contribution in [0.4, 0.5) is 0 Å². The fraction of sp³-hybridized carbons (Fsp3) is 0.107. The Bertz CT molecular complexity index is 1590. The standard InChI is InChI=1S/C28H23N5O/c1-34-13-12-33-25-16-23-9-7-21(31-23)14-19-5-6-20(30-19)15-22-8-10-24(32-22)17-28(33)26(18-25)27-4-2-3-11-29-27/h2-11,14-18,30H,12-13H2,1H3. The van der Waals surface area contributed by atoms with Crippen molar-refractivity contribution in [2.24, 2.45) is 0 Å². The van der Waals surface area contributed by atoms with Crippen LogP contribution in [-0.2, 0) is 11.3 Å². The first-order valence-electron chi connectivity index (χ1n) is 11.2. The molecule has 0 saturated heterocycles. The number of H-pyrrole nitrogens is 1. The monoisotopic (exact) mass is 445 g/mol. The number of rotatable bonds is 4. The molecule has 6 rings (SSSR count). The lowest BCUT2D eigenvalue weighted by Crippen LogP contribution is -2.03. The van der Waals surface area contributed by atoms with Gasteiger partial charge in [0.15, 0.2) is 0 Å². The summed E-state index contributed by atoms with van der Waals surface area (Å²) in [5, 5.41) is 0. The molecule has 0 unspecified atom stereocenters. The SMILES string of the molecule is COCCn1c2cc3nc(cc4ccc(cc5nc(cc1c(-c1ccccn1)c2)C=C5)[nH]4)C=C3. The van der Waals surface area contributed by atoms with E-state index >= 15 is 0 Å². The quantitative estimate of drug-likeness (QED) is 0.370. The number of pyridine rings is 1. The molecular weight excluding hydrogens is 422 g/mol. The first-order chi connectivity index (χ1) is 16.7. The fourth-order valence-corrected chi connectivity index (χ4v) is 4.34. The van der Waals surface area contributed by atoms with Crippen LogP contribution in [0.15, 0.2) is 66.9 Å². The Hall–Kier alpha value is -4.29. The lowest BCUT2D eigenvalue weighted by Gasteiger charge is -2.07. The molecule has 0 fully saturated rings. The Morgan fingerprint density at radius 1 is 0.794 bits per heavy atom. The van der Waals surface area contributed by atoms with Crippen molar-refractivity contribution in [2.45, 2.75) is 6.54 Å². The summed E-state index contributed by atoms with van der Waals surface area (Å²) in [7, 11) is 1.72. The molecule has 4 aromatic heterocycles. The van der Waals surface area contributed by atoms with Crippen molar-refractivity contribution in [3.05, 3.63) is 89.6 Å². The van der Waals surface area contributed by atoms with Crippen molar-refractivity contribution in [3.8, 4) is 11.3 Å². The molecular formula is C28H23N5O. The second kappa shape index (κ2) is 8.57. The fourth-order valence-electron chi connectivity index (χ4n) is 4.34. The third-order valence-corrected chi connectivity index (χ3v) is 5.91. The van der Waals surface area contributed by atoms with E-state index in [9.17, 15) is 0 Å². The molecule has 2 aliphatic rings. The average Bonchev–Trinajstić information content (AvgIpc) is 3.64. The highest BCUT2D eigenvalue weighted by Gasteiger charge is 2.12. The first kappa shape index (κ1) is 20.3. The molecule has 0 aliphatic carbocycles. The maximum Gasteiger partial charge on any atom is 0.0723 e. The molecule has 4 aromatic rings. The van der Waals surface area contributed by atoms with Crippen molar-refractivity contribution in [3.63, 3.8) is 0 Å². The van der Waals surface area contributed by atoms with Gasteiger partial charge in [-0.05, 0) is 78.9 Å². The molecule has 0 saturated carbocycles. The summed E-state index contributed by atoms with van der Waals surface area (Å²) in [6, 6.07) is 20.6. The topological polar surface area (TPSA) is 68.6 Å². The van der Waals surface area contributed by atoms with Gasteiger partial charge in [0, 0.05) is 42.0 Å². The smallest absolute Gasteiger partial charge is 0.0723 e. The number of aromatic nitrogens is 5. The summed E-state index contributed by atoms with van der Waals surface area (Å²) in [5.74, 6) is 0. The van der Waals surface area contributed by atoms with Crippen molar-refractivity contribution in [1.82, 2.24) is 24.5 Å². The normalized spacial score (nSPS) is 12.4. The summed E-state index contributed by atoms with van der Waals surface area (Å²) in [6.45, 7) is 1.29. The lowest BCUT2D eigenvalue weighted by molar-refractivity contribution is 0.189. The Balaban J connectivity index is 1.72. The molecule has 2 aliphatic heterocycles. The third-order valence-electron chi connectivity index (χ3n) is 5.91. The van der Waals surface area contributed by atoms with Gasteiger partial charge in [-0.3, -0.25) is 4.98 Å². The Labute approximate surface area is 197 Å². The number of ether oxygens (including phenoxy) is 1. The molecule has 0 atom stereocenters. The summed E-state index contributed by atoms with van der Waals surface area (Å²) < 4.78 is 7.70. The summed E-state index contributed by atoms with van der Waals surface area (Å²) in [5.41, 5.74) is 9.67. The average molecular weight is 446 g/mol. The zero-order chi connectivity index (χ0) is 22.9. The minimum atomic E-state index is 0.590. The van der Waals surface area contributed by atoms with E-state index in [1.54, 1.807) is 7.11 Å². The van der Waals surface area contributed by atoms with Crippen molar-refractivity contribution < 1.29 is 4.74 Å². The van der Waals surface area contributed by atoms with E-state index in [-0.39, 0.29) is 0 Å². The van der Waals surface area contributed by atoms with Crippen LogP contribution in [0, 0.1) is 0 Å². The highest BCUT2D eigenvalue weighted by Crippen LogP contribution is 2.29. The van der Waals surface area contributed by atoms with Gasteiger partial charge < -0.3 is 14.3 Å². The van der Waals surface area contributed by atoms with Crippen LogP contribution in [0.2, 0.25) is 0 Å². The number of hydrogen-bond donors (Lipinski definition) is 1. The molecule has 0 radical (unpaired) electrons. The number of methoxy groups -OCH3 is 1. The minimum Gasteiger partial charge on any atom is -0.383 e. The molecule has 6 heterocycles. The van der Waals surface area contributed by atoms with Crippen molar-refractivity contribution >= 4 is 46.4 Å². The van der Waals surface area contributed by atoms with Crippen LogP contribution in [0.3, 0.4) is 0 Å². The van der Waals surface area contributed by atoms with Gasteiger partial charge in [-0.1, -0.05) is 6.07 Å². The second-order valence-electron chi connectivity index (χ2n) is 8.26. The largest absolute Gasteiger partial charge is 0.383 e. The summed E-state index contributed by atoms with van der Waals surface area (Å²) in [6.07, 6.45) is 9.98. The van der Waals surface area contributed by atoms with E-state index in [4.69, 9.17) is 14.7 Å². The highest BCUT2D eigenvalue weighted by atomic mass is 16.5. The van der Waals surface area contributed by atoms with E-state index in [1.807, 2.05) is 60.8 Å². The van der Waals surface area contributed by atoms with Gasteiger partial charge in [0.2, 0.25) is 0 Å². The lowest BCUT2D eigenvalue weighted by atomic mass is 10.1. The van der Waals surface area contributed by atoms with Crippen LogP contribution in [0.25, 0.3) is 57.6 Å². The summed E-state index contributed by atoms with van der Waals surface area (Å²) >= 11 is 0. The van der Waals surface area contributed by atoms with Crippen LogP contribution in [-0.4, -0.2) is 38.2 Å². The zero-order valence-electron chi connectivity index (χ0n) is 18.8. The van der Waals surface area contributed by atoms with Crippen LogP contribution in [0.5, 0.6) is 0 Å². The van der Waals surface area contributed by atoms with Gasteiger partial charge in [-0.2, -0.15) is 0 Å². The Kier molecular flexibility index (Phi) is 5.13. The Morgan fingerprint density at radius 2 is 1.47 bits per heavy atom. The van der Waals surface area contributed by atoms with E-state index in [1.165, 1.54) is 0 Å². The van der Waals surface area contributed by atoms with Gasteiger partial charge in [0.05, 0.1) is 40.6 Å². The molecule has 0 aromatic carbocycles. The molecule has 0 spiro atoms. The van der Waals surface area contributed by atoms with Crippen LogP contribution < -0.4 is 0 Å². The van der Waals surface area contributed by atoms with E-state index < -0.39 is 0 Å². The van der Waals surface area contributed by atoms with Crippen LogP contribution in [0.1, 0.15) is 22.8 Å². The van der Waals surface area contributed by atoms with Gasteiger partial charge in [0.25, 0.3) is 0 Å². The number of aromatic amines is 1. The highest BCUT2D eigenvalue weighted by molar-refractivity contribution is 5.87.